The van der Waals surface area contributed by atoms with Crippen LogP contribution in [0.5, 0.6) is 11.5 Å². The van der Waals surface area contributed by atoms with E-state index in [1.165, 1.54) is 6.92 Å². The van der Waals surface area contributed by atoms with Gasteiger partial charge in [0, 0.05) is 6.92 Å². The van der Waals surface area contributed by atoms with Gasteiger partial charge in [-0.15, -0.1) is 0 Å². The van der Waals surface area contributed by atoms with Gasteiger partial charge in [-0.3, -0.25) is 4.79 Å². The maximum absolute atomic E-state index is 10.9. The molecule has 5 nitrogen and oxygen atoms in total. The van der Waals surface area contributed by atoms with E-state index in [1.807, 2.05) is 6.07 Å². The summed E-state index contributed by atoms with van der Waals surface area (Å²) in [6, 6.07) is 5.26. The first-order valence-electron chi connectivity index (χ1n) is 4.32. The molecule has 5 heteroatoms. The number of ether oxygens (including phenoxy) is 2. The first-order chi connectivity index (χ1) is 7.22. The minimum atomic E-state index is -0.231. The Hall–Kier alpha value is -2.22. The Morgan fingerprint density at radius 2 is 2.33 bits per heavy atom. The third kappa shape index (κ3) is 1.57. The van der Waals surface area contributed by atoms with E-state index in [4.69, 9.17) is 14.7 Å². The molecule has 1 aromatic carbocycles. The van der Waals surface area contributed by atoms with Gasteiger partial charge < -0.3 is 14.8 Å². The first kappa shape index (κ1) is 9.34. The molecule has 0 bridgehead atoms. The van der Waals surface area contributed by atoms with Crippen LogP contribution in [0.4, 0.5) is 5.69 Å². The summed E-state index contributed by atoms with van der Waals surface area (Å²) >= 11 is 0. The Kier molecular flexibility index (Phi) is 2.18. The van der Waals surface area contributed by atoms with Crippen LogP contribution in [-0.2, 0) is 4.79 Å². The van der Waals surface area contributed by atoms with Crippen molar-refractivity contribution in [2.24, 2.45) is 0 Å². The lowest BCUT2D eigenvalue weighted by Gasteiger charge is -2.06. The predicted molar refractivity (Wildman–Crippen MR) is 51.6 cm³/mol. The third-order valence-corrected chi connectivity index (χ3v) is 1.96. The van der Waals surface area contributed by atoms with Crippen LogP contribution in [0, 0.1) is 11.3 Å². The number of anilines is 1. The number of nitriles is 1. The molecule has 76 valence electrons. The molecule has 0 aliphatic carbocycles. The number of benzene rings is 1. The van der Waals surface area contributed by atoms with Crippen LogP contribution < -0.4 is 14.8 Å². The molecule has 2 rings (SSSR count). The maximum atomic E-state index is 10.9. The molecular weight excluding hydrogens is 196 g/mol. The zero-order chi connectivity index (χ0) is 10.8. The van der Waals surface area contributed by atoms with Crippen LogP contribution in [0.15, 0.2) is 12.1 Å². The first-order valence-corrected chi connectivity index (χ1v) is 4.32. The van der Waals surface area contributed by atoms with Gasteiger partial charge >= 0.3 is 0 Å². The summed E-state index contributed by atoms with van der Waals surface area (Å²) in [6.07, 6.45) is 0. The van der Waals surface area contributed by atoms with Crippen LogP contribution in [0.3, 0.4) is 0 Å². The van der Waals surface area contributed by atoms with Gasteiger partial charge in [0.1, 0.15) is 11.6 Å². The highest BCUT2D eigenvalue weighted by Crippen LogP contribution is 2.38. The number of carbonyl (C=O) groups is 1. The normalized spacial score (nSPS) is 12.0. The molecule has 0 saturated heterocycles. The van der Waals surface area contributed by atoms with E-state index in [2.05, 4.69) is 5.32 Å². The average molecular weight is 204 g/mol. The van der Waals surface area contributed by atoms with Crippen molar-refractivity contribution < 1.29 is 14.3 Å². The van der Waals surface area contributed by atoms with Gasteiger partial charge in [0.05, 0.1) is 5.69 Å². The molecule has 0 unspecified atom stereocenters. The van der Waals surface area contributed by atoms with Crippen LogP contribution in [0.1, 0.15) is 12.5 Å². The van der Waals surface area contributed by atoms with Crippen molar-refractivity contribution in [1.29, 1.82) is 5.26 Å². The quantitative estimate of drug-likeness (QED) is 0.747. The number of hydrogen-bond donors (Lipinski definition) is 1. The molecule has 1 heterocycles. The maximum Gasteiger partial charge on any atom is 0.231 e. The van der Waals surface area contributed by atoms with E-state index < -0.39 is 0 Å². The zero-order valence-electron chi connectivity index (χ0n) is 8.03. The monoisotopic (exact) mass is 204 g/mol. The molecule has 0 fully saturated rings. The fraction of sp³-hybridized carbons (Fsp3) is 0.200. The van der Waals surface area contributed by atoms with Crippen LogP contribution in [0.25, 0.3) is 0 Å². The molecule has 1 aromatic rings. The number of nitrogens with one attached hydrogen (secondary N) is 1. The summed E-state index contributed by atoms with van der Waals surface area (Å²) in [4.78, 5) is 10.9. The summed E-state index contributed by atoms with van der Waals surface area (Å²) in [6.45, 7) is 1.49. The van der Waals surface area contributed by atoms with E-state index in [0.717, 1.165) is 0 Å². The van der Waals surface area contributed by atoms with Crippen molar-refractivity contribution >= 4 is 11.6 Å². The van der Waals surface area contributed by atoms with E-state index in [-0.39, 0.29) is 12.7 Å². The molecule has 1 aliphatic heterocycles. The van der Waals surface area contributed by atoms with Crippen LogP contribution in [-0.4, -0.2) is 12.7 Å². The van der Waals surface area contributed by atoms with E-state index in [1.54, 1.807) is 12.1 Å². The molecule has 0 atom stereocenters. The van der Waals surface area contributed by atoms with Crippen LogP contribution >= 0.6 is 0 Å². The van der Waals surface area contributed by atoms with E-state index in [0.29, 0.717) is 22.7 Å². The molecule has 0 aromatic heterocycles. The van der Waals surface area contributed by atoms with Gasteiger partial charge in [-0.25, -0.2) is 0 Å². The number of fused-ring (bicyclic) bond motifs is 1. The molecule has 0 spiro atoms. The van der Waals surface area contributed by atoms with Crippen molar-refractivity contribution in [1.82, 2.24) is 0 Å². The van der Waals surface area contributed by atoms with Crippen molar-refractivity contribution in [2.75, 3.05) is 12.1 Å². The topological polar surface area (TPSA) is 71.4 Å². The Morgan fingerprint density at radius 1 is 1.53 bits per heavy atom. The number of amides is 1. The summed E-state index contributed by atoms with van der Waals surface area (Å²) in [5, 5.41) is 11.5. The summed E-state index contributed by atoms with van der Waals surface area (Å²) in [7, 11) is 0. The lowest BCUT2D eigenvalue weighted by molar-refractivity contribution is -0.114. The standard InChI is InChI=1S/C10H8N2O3/c1-6(13)12-8-2-3-9-10(7(8)4-11)15-5-14-9/h2-3H,5H2,1H3,(H,12,13). The van der Waals surface area contributed by atoms with Gasteiger partial charge in [0.2, 0.25) is 12.7 Å². The van der Waals surface area contributed by atoms with Crippen molar-refractivity contribution in [3.8, 4) is 17.6 Å². The number of hydrogen-bond acceptors (Lipinski definition) is 4. The largest absolute Gasteiger partial charge is 0.454 e. The second kappa shape index (κ2) is 3.50. The van der Waals surface area contributed by atoms with Gasteiger partial charge in [-0.05, 0) is 12.1 Å². The Bertz CT molecular complexity index is 462. The second-order valence-electron chi connectivity index (χ2n) is 3.01. The number of rotatable bonds is 1. The fourth-order valence-corrected chi connectivity index (χ4v) is 1.38. The van der Waals surface area contributed by atoms with Gasteiger partial charge in [-0.1, -0.05) is 0 Å². The molecule has 1 aliphatic rings. The second-order valence-corrected chi connectivity index (χ2v) is 3.01. The summed E-state index contributed by atoms with van der Waals surface area (Å²) in [5.74, 6) is 0.690. The third-order valence-electron chi connectivity index (χ3n) is 1.96. The lowest BCUT2D eigenvalue weighted by Crippen LogP contribution is -2.07. The Balaban J connectivity index is 2.49. The van der Waals surface area contributed by atoms with E-state index in [9.17, 15) is 4.79 Å². The molecule has 15 heavy (non-hydrogen) atoms. The molecule has 0 saturated carbocycles. The SMILES string of the molecule is CC(=O)Nc1ccc2c(c1C#N)OCO2. The zero-order valence-corrected chi connectivity index (χ0v) is 8.03. The van der Waals surface area contributed by atoms with Crippen molar-refractivity contribution in [3.63, 3.8) is 0 Å². The minimum Gasteiger partial charge on any atom is -0.454 e. The fourth-order valence-electron chi connectivity index (χ4n) is 1.38. The van der Waals surface area contributed by atoms with E-state index >= 15 is 0 Å². The van der Waals surface area contributed by atoms with Gasteiger partial charge in [0.25, 0.3) is 0 Å². The minimum absolute atomic E-state index is 0.105. The van der Waals surface area contributed by atoms with Gasteiger partial charge in [-0.2, -0.15) is 5.26 Å². The Labute approximate surface area is 86.2 Å². The van der Waals surface area contributed by atoms with Gasteiger partial charge in [0.15, 0.2) is 11.5 Å². The molecule has 1 N–H and O–H groups in total. The molecule has 1 amide bonds. The predicted octanol–water partition coefficient (Wildman–Crippen LogP) is 1.25. The molecule has 0 radical (unpaired) electrons. The average Bonchev–Trinajstić information content (AvgIpc) is 2.64. The number of carbonyl (C=O) groups excluding carboxylic acids is 1. The summed E-state index contributed by atoms with van der Waals surface area (Å²) < 4.78 is 10.3. The smallest absolute Gasteiger partial charge is 0.231 e. The highest BCUT2D eigenvalue weighted by molar-refractivity contribution is 5.91. The Morgan fingerprint density at radius 3 is 3.00 bits per heavy atom. The summed E-state index contributed by atoms with van der Waals surface area (Å²) in [5.41, 5.74) is 0.731. The van der Waals surface area contributed by atoms with Crippen LogP contribution in [0.2, 0.25) is 0 Å². The highest BCUT2D eigenvalue weighted by atomic mass is 16.7. The van der Waals surface area contributed by atoms with Crippen molar-refractivity contribution in [2.45, 2.75) is 6.92 Å². The lowest BCUT2D eigenvalue weighted by atomic mass is 10.1. The van der Waals surface area contributed by atoms with Crippen molar-refractivity contribution in [3.05, 3.63) is 17.7 Å². The molecular formula is C10H8N2O3. The highest BCUT2D eigenvalue weighted by Gasteiger charge is 2.21. The number of nitrogens with zero attached hydrogens (tertiary/aromatic N) is 1.